The highest BCUT2D eigenvalue weighted by Crippen LogP contribution is 2.35. The summed E-state index contributed by atoms with van der Waals surface area (Å²) in [5, 5.41) is 3.52. The number of carbonyl (C=O) groups is 2. The summed E-state index contributed by atoms with van der Waals surface area (Å²) in [4.78, 5) is 31.5. The molecule has 0 radical (unpaired) electrons. The lowest BCUT2D eigenvalue weighted by Crippen LogP contribution is -2.25. The number of hydrogen-bond donors (Lipinski definition) is 1. The summed E-state index contributed by atoms with van der Waals surface area (Å²) in [6.07, 6.45) is 1.18. The number of amides is 2. The van der Waals surface area contributed by atoms with E-state index in [0.717, 1.165) is 45.9 Å². The summed E-state index contributed by atoms with van der Waals surface area (Å²) in [7, 11) is 0. The predicted octanol–water partition coefficient (Wildman–Crippen LogP) is 4.21. The molecule has 0 aliphatic carbocycles. The lowest BCUT2D eigenvalue weighted by Gasteiger charge is -2.14. The molecule has 5 nitrogen and oxygen atoms in total. The first kappa shape index (κ1) is 18.4. The minimum absolute atomic E-state index is 0.0692. The standard InChI is InChI=1S/C22H21N3O2S/c1-14-21(18-8-9-19-17(13-18)10-11-25(19)15(2)26)24-22(28-14)23-20(27)12-16-6-4-3-5-7-16/h3-9,13H,10-12H2,1-2H3,(H,23,24,27). The molecule has 0 fully saturated rings. The van der Waals surface area contributed by atoms with Crippen LogP contribution in [0.5, 0.6) is 0 Å². The van der Waals surface area contributed by atoms with Crippen molar-refractivity contribution in [3.63, 3.8) is 0 Å². The van der Waals surface area contributed by atoms with Gasteiger partial charge in [0.05, 0.1) is 12.1 Å². The first-order valence-electron chi connectivity index (χ1n) is 9.24. The first-order chi connectivity index (χ1) is 13.5. The maximum absolute atomic E-state index is 12.3. The van der Waals surface area contributed by atoms with Gasteiger partial charge in [-0.15, -0.1) is 11.3 Å². The van der Waals surface area contributed by atoms with Gasteiger partial charge >= 0.3 is 0 Å². The first-order valence-corrected chi connectivity index (χ1v) is 10.1. The minimum atomic E-state index is -0.0717. The smallest absolute Gasteiger partial charge is 0.230 e. The summed E-state index contributed by atoms with van der Waals surface area (Å²) in [6, 6.07) is 15.8. The molecule has 1 N–H and O–H groups in total. The highest BCUT2D eigenvalue weighted by molar-refractivity contribution is 7.16. The van der Waals surface area contributed by atoms with Crippen LogP contribution in [0.3, 0.4) is 0 Å². The SMILES string of the molecule is CC(=O)N1CCc2cc(-c3nc(NC(=O)Cc4ccccc4)sc3C)ccc21. The molecule has 0 bridgehead atoms. The highest BCUT2D eigenvalue weighted by atomic mass is 32.1. The fourth-order valence-electron chi connectivity index (χ4n) is 3.54. The molecule has 0 saturated heterocycles. The van der Waals surface area contributed by atoms with E-state index in [-0.39, 0.29) is 11.8 Å². The van der Waals surface area contributed by atoms with E-state index in [4.69, 9.17) is 0 Å². The maximum atomic E-state index is 12.3. The Balaban J connectivity index is 1.52. The Bertz CT molecular complexity index is 1040. The van der Waals surface area contributed by atoms with Crippen LogP contribution in [0.1, 0.15) is 22.9 Å². The maximum Gasteiger partial charge on any atom is 0.230 e. The fraction of sp³-hybridized carbons (Fsp3) is 0.227. The van der Waals surface area contributed by atoms with Gasteiger partial charge in [0.1, 0.15) is 0 Å². The number of aromatic nitrogens is 1. The third-order valence-corrected chi connectivity index (χ3v) is 5.77. The van der Waals surface area contributed by atoms with Gasteiger partial charge in [0.2, 0.25) is 11.8 Å². The van der Waals surface area contributed by atoms with Crippen LogP contribution < -0.4 is 10.2 Å². The van der Waals surface area contributed by atoms with E-state index in [1.165, 1.54) is 11.3 Å². The van der Waals surface area contributed by atoms with Crippen molar-refractivity contribution in [2.75, 3.05) is 16.8 Å². The number of carbonyl (C=O) groups excluding carboxylic acids is 2. The van der Waals surface area contributed by atoms with Gasteiger partial charge in [0, 0.05) is 29.6 Å². The summed E-state index contributed by atoms with van der Waals surface area (Å²) in [5.74, 6) is -0.00249. The number of benzene rings is 2. The van der Waals surface area contributed by atoms with Crippen LogP contribution in [0, 0.1) is 6.92 Å². The molecule has 28 heavy (non-hydrogen) atoms. The number of nitrogens with one attached hydrogen (secondary N) is 1. The van der Waals surface area contributed by atoms with Gasteiger partial charge in [0.15, 0.2) is 5.13 Å². The van der Waals surface area contributed by atoms with Crippen molar-refractivity contribution in [3.05, 3.63) is 64.5 Å². The topological polar surface area (TPSA) is 62.3 Å². The normalized spacial score (nSPS) is 12.7. The van der Waals surface area contributed by atoms with Crippen LogP contribution in [0.4, 0.5) is 10.8 Å². The lowest BCUT2D eigenvalue weighted by atomic mass is 10.1. The Morgan fingerprint density at radius 1 is 1.18 bits per heavy atom. The molecule has 4 rings (SSSR count). The molecule has 0 atom stereocenters. The van der Waals surface area contributed by atoms with Gasteiger partial charge in [-0.3, -0.25) is 9.59 Å². The molecule has 0 saturated carbocycles. The number of anilines is 2. The molecule has 2 amide bonds. The molecular weight excluding hydrogens is 370 g/mol. The van der Waals surface area contributed by atoms with E-state index in [1.807, 2.05) is 54.3 Å². The van der Waals surface area contributed by atoms with E-state index in [2.05, 4.69) is 16.4 Å². The highest BCUT2D eigenvalue weighted by Gasteiger charge is 2.23. The van der Waals surface area contributed by atoms with Gasteiger partial charge in [-0.1, -0.05) is 36.4 Å². The number of nitrogens with zero attached hydrogens (tertiary/aromatic N) is 2. The van der Waals surface area contributed by atoms with Crippen LogP contribution in [-0.2, 0) is 22.4 Å². The van der Waals surface area contributed by atoms with Gasteiger partial charge in [0.25, 0.3) is 0 Å². The molecule has 0 unspecified atom stereocenters. The fourth-order valence-corrected chi connectivity index (χ4v) is 4.39. The largest absolute Gasteiger partial charge is 0.312 e. The van der Waals surface area contributed by atoms with Gasteiger partial charge in [-0.25, -0.2) is 4.98 Å². The molecular formula is C22H21N3O2S. The Morgan fingerprint density at radius 2 is 1.96 bits per heavy atom. The molecule has 6 heteroatoms. The van der Waals surface area contributed by atoms with E-state index in [0.29, 0.717) is 11.6 Å². The zero-order valence-electron chi connectivity index (χ0n) is 15.9. The van der Waals surface area contributed by atoms with Crippen molar-refractivity contribution < 1.29 is 9.59 Å². The summed E-state index contributed by atoms with van der Waals surface area (Å²) >= 11 is 1.48. The molecule has 0 spiro atoms. The predicted molar refractivity (Wildman–Crippen MR) is 113 cm³/mol. The van der Waals surface area contributed by atoms with E-state index in [1.54, 1.807) is 6.92 Å². The molecule has 1 aliphatic rings. The minimum Gasteiger partial charge on any atom is -0.312 e. The number of rotatable bonds is 4. The monoisotopic (exact) mass is 391 g/mol. The van der Waals surface area contributed by atoms with Crippen LogP contribution in [0.25, 0.3) is 11.3 Å². The Kier molecular flexibility index (Phi) is 4.96. The number of hydrogen-bond acceptors (Lipinski definition) is 4. The van der Waals surface area contributed by atoms with Gasteiger partial charge < -0.3 is 10.2 Å². The summed E-state index contributed by atoms with van der Waals surface area (Å²) < 4.78 is 0. The summed E-state index contributed by atoms with van der Waals surface area (Å²) in [6.45, 7) is 4.33. The van der Waals surface area contributed by atoms with Crippen LogP contribution in [0.2, 0.25) is 0 Å². The molecule has 2 heterocycles. The average molecular weight is 391 g/mol. The third kappa shape index (κ3) is 3.68. The second kappa shape index (κ2) is 7.56. The van der Waals surface area contributed by atoms with E-state index < -0.39 is 0 Å². The zero-order valence-corrected chi connectivity index (χ0v) is 16.7. The van der Waals surface area contributed by atoms with Crippen LogP contribution in [0.15, 0.2) is 48.5 Å². The van der Waals surface area contributed by atoms with Crippen LogP contribution >= 0.6 is 11.3 Å². The number of fused-ring (bicyclic) bond motifs is 1. The van der Waals surface area contributed by atoms with Crippen molar-refractivity contribution in [1.82, 2.24) is 4.98 Å². The lowest BCUT2D eigenvalue weighted by molar-refractivity contribution is -0.117. The van der Waals surface area contributed by atoms with Crippen molar-refractivity contribution in [2.24, 2.45) is 0 Å². The van der Waals surface area contributed by atoms with Crippen molar-refractivity contribution in [1.29, 1.82) is 0 Å². The van der Waals surface area contributed by atoms with Crippen LogP contribution in [-0.4, -0.2) is 23.3 Å². The quantitative estimate of drug-likeness (QED) is 0.725. The number of aryl methyl sites for hydroxylation is 1. The van der Waals surface area contributed by atoms with Crippen molar-refractivity contribution >= 4 is 34.0 Å². The van der Waals surface area contributed by atoms with Gasteiger partial charge in [-0.2, -0.15) is 0 Å². The average Bonchev–Trinajstić information content (AvgIpc) is 3.25. The second-order valence-electron chi connectivity index (χ2n) is 6.90. The Labute approximate surface area is 168 Å². The Hall–Kier alpha value is -2.99. The molecule has 2 aromatic carbocycles. The molecule has 1 aliphatic heterocycles. The van der Waals surface area contributed by atoms with E-state index in [9.17, 15) is 9.59 Å². The van der Waals surface area contributed by atoms with Crippen molar-refractivity contribution in [2.45, 2.75) is 26.7 Å². The Morgan fingerprint density at radius 3 is 2.71 bits per heavy atom. The van der Waals surface area contributed by atoms with E-state index >= 15 is 0 Å². The molecule has 1 aromatic heterocycles. The molecule has 142 valence electrons. The second-order valence-corrected chi connectivity index (χ2v) is 8.10. The number of thiazole rings is 1. The zero-order chi connectivity index (χ0) is 19.7. The van der Waals surface area contributed by atoms with Crippen molar-refractivity contribution in [3.8, 4) is 11.3 Å². The van der Waals surface area contributed by atoms with Gasteiger partial charge in [-0.05, 0) is 36.6 Å². The third-order valence-electron chi connectivity index (χ3n) is 4.88. The summed E-state index contributed by atoms with van der Waals surface area (Å²) in [5.41, 5.74) is 5.02. The molecule has 3 aromatic rings.